The Morgan fingerprint density at radius 1 is 0.815 bits per heavy atom. The number of hydrogen-bond donors (Lipinski definition) is 0. The van der Waals surface area contributed by atoms with Crippen molar-refractivity contribution in [3.63, 3.8) is 0 Å². The van der Waals surface area contributed by atoms with Gasteiger partial charge < -0.3 is 9.47 Å². The van der Waals surface area contributed by atoms with E-state index in [1.54, 1.807) is 0 Å². The Hall–Kier alpha value is -1.36. The number of carbonyl (C=O) groups excluding carboxylic acids is 2. The van der Waals surface area contributed by atoms with E-state index in [-0.39, 0.29) is 31.4 Å². The summed E-state index contributed by atoms with van der Waals surface area (Å²) in [7, 11) is 0. The molecule has 0 saturated heterocycles. The van der Waals surface area contributed by atoms with Crippen LogP contribution in [-0.2, 0) is 25.7 Å². The maximum Gasteiger partial charge on any atom is 0.306 e. The smallest absolute Gasteiger partial charge is 0.306 e. The first kappa shape index (κ1) is 23.7. The molecular weight excluding hydrogens is 408 g/mol. The highest BCUT2D eigenvalue weighted by molar-refractivity contribution is 9.10. The van der Waals surface area contributed by atoms with Crippen molar-refractivity contribution in [2.75, 3.05) is 6.61 Å². The quantitative estimate of drug-likeness (QED) is 0.235. The van der Waals surface area contributed by atoms with E-state index >= 15 is 0 Å². The number of benzene rings is 1. The van der Waals surface area contributed by atoms with Crippen LogP contribution in [0, 0.1) is 0 Å². The molecule has 1 aromatic rings. The first-order valence-electron chi connectivity index (χ1n) is 10.2. The van der Waals surface area contributed by atoms with Gasteiger partial charge in [0, 0.05) is 22.9 Å². The Kier molecular flexibility index (Phi) is 13.7. The van der Waals surface area contributed by atoms with Gasteiger partial charge in [-0.15, -0.1) is 0 Å². The number of carbonyl (C=O) groups is 2. The lowest BCUT2D eigenvalue weighted by molar-refractivity contribution is -0.146. The molecule has 0 radical (unpaired) electrons. The topological polar surface area (TPSA) is 52.6 Å². The van der Waals surface area contributed by atoms with Gasteiger partial charge in [0.15, 0.2) is 0 Å². The van der Waals surface area contributed by atoms with Gasteiger partial charge in [-0.1, -0.05) is 86.0 Å². The van der Waals surface area contributed by atoms with E-state index in [2.05, 4.69) is 22.9 Å². The third-order valence-corrected chi connectivity index (χ3v) is 5.14. The minimum absolute atomic E-state index is 0.225. The number of ether oxygens (including phenoxy) is 2. The summed E-state index contributed by atoms with van der Waals surface area (Å²) in [5, 5.41) is 0. The van der Waals surface area contributed by atoms with E-state index in [0.717, 1.165) is 22.9 Å². The fourth-order valence-electron chi connectivity index (χ4n) is 2.72. The van der Waals surface area contributed by atoms with Crippen LogP contribution >= 0.6 is 15.9 Å². The van der Waals surface area contributed by atoms with E-state index in [1.165, 1.54) is 38.5 Å². The van der Waals surface area contributed by atoms with Crippen molar-refractivity contribution in [3.8, 4) is 0 Å². The summed E-state index contributed by atoms with van der Waals surface area (Å²) < 4.78 is 11.4. The molecular formula is C22H33BrO4. The lowest BCUT2D eigenvalue weighted by Crippen LogP contribution is -2.09. The lowest BCUT2D eigenvalue weighted by Gasteiger charge is -2.07. The molecule has 1 rings (SSSR count). The molecule has 0 N–H and O–H groups in total. The molecule has 0 fully saturated rings. The zero-order chi connectivity index (χ0) is 19.7. The predicted octanol–water partition coefficient (Wildman–Crippen LogP) is 6.35. The van der Waals surface area contributed by atoms with Gasteiger partial charge in [0.2, 0.25) is 0 Å². The molecule has 0 unspecified atom stereocenters. The molecule has 27 heavy (non-hydrogen) atoms. The maximum absolute atomic E-state index is 11.7. The minimum atomic E-state index is -0.290. The van der Waals surface area contributed by atoms with E-state index in [4.69, 9.17) is 9.47 Å². The lowest BCUT2D eigenvalue weighted by atomic mass is 10.1. The van der Waals surface area contributed by atoms with Gasteiger partial charge in [-0.05, 0) is 18.9 Å². The van der Waals surface area contributed by atoms with Crippen molar-refractivity contribution in [1.29, 1.82) is 0 Å². The average molecular weight is 441 g/mol. The Bertz CT molecular complexity index is 545. The summed E-state index contributed by atoms with van der Waals surface area (Å²) >= 11 is 3.42. The molecule has 0 saturated carbocycles. The van der Waals surface area contributed by atoms with Crippen molar-refractivity contribution < 1.29 is 19.1 Å². The third kappa shape index (κ3) is 12.6. The van der Waals surface area contributed by atoms with Crippen molar-refractivity contribution in [2.45, 2.75) is 84.2 Å². The summed E-state index contributed by atoms with van der Waals surface area (Å²) in [6, 6.07) is 7.62. The van der Waals surface area contributed by atoms with Crippen LogP contribution in [0.1, 0.15) is 83.1 Å². The van der Waals surface area contributed by atoms with Gasteiger partial charge >= 0.3 is 11.9 Å². The van der Waals surface area contributed by atoms with Crippen molar-refractivity contribution in [3.05, 3.63) is 34.3 Å². The van der Waals surface area contributed by atoms with Crippen LogP contribution in [-0.4, -0.2) is 18.5 Å². The van der Waals surface area contributed by atoms with Crippen LogP contribution in [0.5, 0.6) is 0 Å². The Balaban J connectivity index is 1.96. The van der Waals surface area contributed by atoms with Gasteiger partial charge in [-0.25, -0.2) is 0 Å². The highest BCUT2D eigenvalue weighted by Gasteiger charge is 2.08. The molecule has 1 aromatic carbocycles. The molecule has 0 spiro atoms. The SMILES string of the molecule is CCCCCCCCCCOC(=O)CCCC(=O)OCc1ccccc1Br. The van der Waals surface area contributed by atoms with Gasteiger partial charge in [0.25, 0.3) is 0 Å². The summed E-state index contributed by atoms with van der Waals surface area (Å²) in [4.78, 5) is 23.4. The van der Waals surface area contributed by atoms with Crippen molar-refractivity contribution in [1.82, 2.24) is 0 Å². The first-order chi connectivity index (χ1) is 13.1. The second-order valence-electron chi connectivity index (χ2n) is 6.80. The van der Waals surface area contributed by atoms with Gasteiger partial charge in [0.1, 0.15) is 6.61 Å². The van der Waals surface area contributed by atoms with Crippen molar-refractivity contribution in [2.24, 2.45) is 0 Å². The fourth-order valence-corrected chi connectivity index (χ4v) is 3.12. The van der Waals surface area contributed by atoms with E-state index in [1.807, 2.05) is 24.3 Å². The van der Waals surface area contributed by atoms with Gasteiger partial charge in [-0.3, -0.25) is 9.59 Å². The maximum atomic E-state index is 11.7. The number of esters is 2. The molecule has 0 bridgehead atoms. The normalized spacial score (nSPS) is 10.6. The minimum Gasteiger partial charge on any atom is -0.466 e. The molecule has 0 aromatic heterocycles. The van der Waals surface area contributed by atoms with Crippen LogP contribution in [0.4, 0.5) is 0 Å². The van der Waals surface area contributed by atoms with E-state index in [9.17, 15) is 9.59 Å². The molecule has 152 valence electrons. The van der Waals surface area contributed by atoms with Gasteiger partial charge in [-0.2, -0.15) is 0 Å². The second-order valence-corrected chi connectivity index (χ2v) is 7.66. The van der Waals surface area contributed by atoms with E-state index in [0.29, 0.717) is 13.0 Å². The highest BCUT2D eigenvalue weighted by Crippen LogP contribution is 2.17. The average Bonchev–Trinajstić information content (AvgIpc) is 2.66. The van der Waals surface area contributed by atoms with E-state index < -0.39 is 0 Å². The summed E-state index contributed by atoms with van der Waals surface area (Å²) in [6.07, 6.45) is 10.7. The Morgan fingerprint density at radius 2 is 1.41 bits per heavy atom. The molecule has 5 heteroatoms. The Labute approximate surface area is 172 Å². The van der Waals surface area contributed by atoms with Crippen LogP contribution in [0.25, 0.3) is 0 Å². The standard InChI is InChI=1S/C22H33BrO4/c1-2-3-4-5-6-7-8-11-17-26-21(24)15-12-16-22(25)27-18-19-13-9-10-14-20(19)23/h9-10,13-14H,2-8,11-12,15-18H2,1H3. The summed E-state index contributed by atoms with van der Waals surface area (Å²) in [5.41, 5.74) is 0.927. The molecule has 0 heterocycles. The summed E-state index contributed by atoms with van der Waals surface area (Å²) in [6.45, 7) is 2.95. The molecule has 0 aliphatic carbocycles. The molecule has 0 atom stereocenters. The molecule has 0 amide bonds. The zero-order valence-electron chi connectivity index (χ0n) is 16.5. The van der Waals surface area contributed by atoms with Crippen molar-refractivity contribution >= 4 is 27.9 Å². The van der Waals surface area contributed by atoms with Gasteiger partial charge in [0.05, 0.1) is 6.61 Å². The monoisotopic (exact) mass is 440 g/mol. The predicted molar refractivity (Wildman–Crippen MR) is 111 cm³/mol. The summed E-state index contributed by atoms with van der Waals surface area (Å²) in [5.74, 6) is -0.516. The van der Waals surface area contributed by atoms with Crippen LogP contribution in [0.3, 0.4) is 0 Å². The van der Waals surface area contributed by atoms with Crippen LogP contribution in [0.2, 0.25) is 0 Å². The third-order valence-electron chi connectivity index (χ3n) is 4.37. The number of rotatable bonds is 15. The zero-order valence-corrected chi connectivity index (χ0v) is 18.1. The number of halogens is 1. The molecule has 4 nitrogen and oxygen atoms in total. The fraction of sp³-hybridized carbons (Fsp3) is 0.636. The highest BCUT2D eigenvalue weighted by atomic mass is 79.9. The number of hydrogen-bond acceptors (Lipinski definition) is 4. The number of unbranched alkanes of at least 4 members (excludes halogenated alkanes) is 7. The molecule has 0 aliphatic rings. The van der Waals surface area contributed by atoms with Crippen LogP contribution < -0.4 is 0 Å². The molecule has 0 aliphatic heterocycles. The largest absolute Gasteiger partial charge is 0.466 e. The van der Waals surface area contributed by atoms with Crippen LogP contribution in [0.15, 0.2) is 28.7 Å². The first-order valence-corrected chi connectivity index (χ1v) is 11.0. The second kappa shape index (κ2) is 15.7. The Morgan fingerprint density at radius 3 is 2.07 bits per heavy atom.